The van der Waals surface area contributed by atoms with Crippen molar-refractivity contribution >= 4 is 111 Å². The fourth-order valence-electron chi connectivity index (χ4n) is 13.4. The van der Waals surface area contributed by atoms with Crippen LogP contribution in [0.4, 0.5) is 0 Å². The molecule has 452 valence electrons. The lowest BCUT2D eigenvalue weighted by Gasteiger charge is -2.29. The number of nitrogens with zero attached hydrogens (tertiary/aromatic N) is 9. The number of hydrogen-bond acceptors (Lipinski definition) is 12. The second kappa shape index (κ2) is 26.3. The summed E-state index contributed by atoms with van der Waals surface area (Å²) in [6, 6.07) is 39.9. The normalized spacial score (nSPS) is 17.8. The van der Waals surface area contributed by atoms with Gasteiger partial charge < -0.3 is 5.11 Å². The molecule has 6 aromatic carbocycles. The van der Waals surface area contributed by atoms with Crippen molar-refractivity contribution in [2.24, 2.45) is 0 Å². The first-order valence-corrected chi connectivity index (χ1v) is 31.8. The van der Waals surface area contributed by atoms with Crippen molar-refractivity contribution in [1.82, 2.24) is 43.6 Å². The van der Waals surface area contributed by atoms with E-state index >= 15 is 0 Å². The van der Waals surface area contributed by atoms with Gasteiger partial charge in [-0.3, -0.25) is 37.7 Å². The van der Waals surface area contributed by atoms with E-state index in [0.717, 1.165) is 117 Å². The smallest absolute Gasteiger partial charge is 0.261 e. The minimum atomic E-state index is -0.504. The zero-order valence-electron chi connectivity index (χ0n) is 49.2. The molecule has 0 amide bonds. The molecule has 2 unspecified atom stereocenters. The first kappa shape index (κ1) is 60.1. The molecule has 18 heteroatoms. The Morgan fingerprint density at radius 2 is 0.711 bits per heavy atom. The van der Waals surface area contributed by atoms with Crippen LogP contribution in [0.5, 0.6) is 0 Å². The van der Waals surface area contributed by atoms with Crippen molar-refractivity contribution in [3.63, 3.8) is 0 Å². The van der Waals surface area contributed by atoms with Crippen LogP contribution in [-0.4, -0.2) is 66.4 Å². The molecule has 0 bridgehead atoms. The van der Waals surface area contributed by atoms with Crippen molar-refractivity contribution in [2.75, 3.05) is 0 Å². The molecule has 0 aliphatic heterocycles. The lowest BCUT2D eigenvalue weighted by atomic mass is 9.92. The summed E-state index contributed by atoms with van der Waals surface area (Å²) in [7, 11) is 0. The highest BCUT2D eigenvalue weighted by Gasteiger charge is 2.29. The third-order valence-corrected chi connectivity index (χ3v) is 18.6. The highest BCUT2D eigenvalue weighted by Crippen LogP contribution is 2.34. The molecule has 90 heavy (non-hydrogen) atoms. The minimum absolute atomic E-state index is 0.0906. The number of carbonyl (C=O) groups is 2. The fourth-order valence-corrected chi connectivity index (χ4v) is 13.7. The standard InChI is InChI=1S/C24H22ClN3O2.2C24H20ClN3O2/c3*25-22-10-9-15(13-26-22)11-16-12-19-23(18-6-2-1-5-17(16)18)27-14-28(24(19)30)20-7-3-4-8-21(20)29/h1-2,5-6,9-10,12-14,20-21,29H,3-4,7-8,11H2;2*1-2,5-6,9-10,12-14,20H,3-4,7-8,11H2/t20-,21-;;/m0../s1. The quantitative estimate of drug-likeness (QED) is 0.106. The molecule has 15 rings (SSSR count). The molecule has 6 aromatic heterocycles. The summed E-state index contributed by atoms with van der Waals surface area (Å²) in [6.07, 6.45) is 21.0. The molecule has 12 aromatic rings. The first-order valence-electron chi connectivity index (χ1n) is 30.6. The van der Waals surface area contributed by atoms with Crippen LogP contribution >= 0.6 is 34.8 Å². The molecule has 3 aliphatic carbocycles. The van der Waals surface area contributed by atoms with E-state index in [1.165, 1.54) is 9.13 Å². The van der Waals surface area contributed by atoms with Gasteiger partial charge in [-0.2, -0.15) is 0 Å². The molecular formula is C72H62Cl3N9O6. The lowest BCUT2D eigenvalue weighted by Crippen LogP contribution is -2.34. The average Bonchev–Trinajstić information content (AvgIpc) is 0.817. The van der Waals surface area contributed by atoms with Crippen molar-refractivity contribution in [3.8, 4) is 0 Å². The Morgan fingerprint density at radius 1 is 0.378 bits per heavy atom. The van der Waals surface area contributed by atoms with Crippen LogP contribution in [-0.2, 0) is 28.9 Å². The van der Waals surface area contributed by atoms with E-state index in [4.69, 9.17) is 34.8 Å². The molecule has 4 atom stereocenters. The third kappa shape index (κ3) is 12.3. The van der Waals surface area contributed by atoms with Crippen molar-refractivity contribution in [3.05, 3.63) is 245 Å². The molecule has 0 saturated heterocycles. The Hall–Kier alpha value is -8.86. The molecule has 3 fully saturated rings. The molecule has 15 nitrogen and oxygen atoms in total. The van der Waals surface area contributed by atoms with Gasteiger partial charge in [-0.05, 0) is 144 Å². The number of carbonyl (C=O) groups excluding carboxylic acids is 2. The number of pyridine rings is 3. The summed E-state index contributed by atoms with van der Waals surface area (Å²) in [5, 5.41) is 19.5. The molecule has 0 radical (unpaired) electrons. The van der Waals surface area contributed by atoms with Crippen LogP contribution in [0.1, 0.15) is 129 Å². The fraction of sp³-hybridized carbons (Fsp3) is 0.264. The molecule has 0 spiro atoms. The highest BCUT2D eigenvalue weighted by atomic mass is 35.5. The monoisotopic (exact) mass is 1250 g/mol. The van der Waals surface area contributed by atoms with Gasteiger partial charge in [0, 0.05) is 47.6 Å². The summed E-state index contributed by atoms with van der Waals surface area (Å²) < 4.78 is 4.70. The van der Waals surface area contributed by atoms with E-state index in [2.05, 4.69) is 36.0 Å². The van der Waals surface area contributed by atoms with E-state index < -0.39 is 18.2 Å². The largest absolute Gasteiger partial charge is 0.391 e. The molecule has 1 N–H and O–H groups in total. The SMILES string of the molecule is O=C1CCCCC1n1cnc2c(cc(Cc3ccc(Cl)nc3)c3ccccc32)c1=O.O=C1CCCCC1n1cnc2c(cc(Cc3ccc(Cl)nc3)c3ccccc32)c1=O.O=c1c2cc(Cc3ccc(Cl)nc3)c3ccccc3c2ncn1[C@H]1CCCC[C@@H]1O. The molecule has 6 heterocycles. The number of aliphatic hydroxyl groups is 1. The Balaban J connectivity index is 0.000000124. The molecular weight excluding hydrogens is 1190 g/mol. The first-order chi connectivity index (χ1) is 43.8. The Morgan fingerprint density at radius 3 is 1.06 bits per heavy atom. The summed E-state index contributed by atoms with van der Waals surface area (Å²) >= 11 is 17.8. The number of aliphatic hydroxyl groups excluding tert-OH is 1. The zero-order chi connectivity index (χ0) is 62.0. The molecule has 3 saturated carbocycles. The van der Waals surface area contributed by atoms with E-state index in [9.17, 15) is 29.1 Å². The predicted molar refractivity (Wildman–Crippen MR) is 355 cm³/mol. The van der Waals surface area contributed by atoms with Gasteiger partial charge in [-0.1, -0.05) is 151 Å². The summed E-state index contributed by atoms with van der Waals surface area (Å²) in [5.41, 5.74) is 7.79. The van der Waals surface area contributed by atoms with Gasteiger partial charge in [0.1, 0.15) is 15.5 Å². The van der Waals surface area contributed by atoms with Gasteiger partial charge in [0.25, 0.3) is 16.7 Å². The van der Waals surface area contributed by atoms with E-state index in [-0.39, 0.29) is 34.3 Å². The van der Waals surface area contributed by atoms with Crippen LogP contribution < -0.4 is 16.7 Å². The second-order valence-corrected chi connectivity index (χ2v) is 24.8. The lowest BCUT2D eigenvalue weighted by molar-refractivity contribution is -0.124. The van der Waals surface area contributed by atoms with Gasteiger partial charge in [0.15, 0.2) is 11.6 Å². The van der Waals surface area contributed by atoms with Gasteiger partial charge in [-0.25, -0.2) is 29.9 Å². The maximum atomic E-state index is 13.4. The number of aromatic nitrogens is 9. The summed E-state index contributed by atoms with van der Waals surface area (Å²) in [6.45, 7) is 0. The number of rotatable bonds is 9. The Kier molecular flexibility index (Phi) is 17.6. The van der Waals surface area contributed by atoms with E-state index in [1.807, 2.05) is 103 Å². The highest BCUT2D eigenvalue weighted by molar-refractivity contribution is 6.30. The summed E-state index contributed by atoms with van der Waals surface area (Å²) in [4.78, 5) is 91.5. The van der Waals surface area contributed by atoms with Gasteiger partial charge >= 0.3 is 0 Å². The van der Waals surface area contributed by atoms with Crippen molar-refractivity contribution < 1.29 is 14.7 Å². The van der Waals surface area contributed by atoms with Crippen LogP contribution in [0.3, 0.4) is 0 Å². The van der Waals surface area contributed by atoms with Crippen molar-refractivity contribution in [1.29, 1.82) is 0 Å². The Labute approximate surface area is 532 Å². The number of ketones is 2. The van der Waals surface area contributed by atoms with Gasteiger partial charge in [-0.15, -0.1) is 0 Å². The van der Waals surface area contributed by atoms with Crippen LogP contribution in [0.15, 0.2) is 179 Å². The van der Waals surface area contributed by atoms with Crippen molar-refractivity contribution in [2.45, 2.75) is 121 Å². The van der Waals surface area contributed by atoms with Crippen LogP contribution in [0.2, 0.25) is 15.5 Å². The number of halogens is 3. The number of benzene rings is 6. The van der Waals surface area contributed by atoms with Gasteiger partial charge in [0.2, 0.25) is 0 Å². The average molecular weight is 1260 g/mol. The zero-order valence-corrected chi connectivity index (χ0v) is 51.4. The van der Waals surface area contributed by atoms with E-state index in [0.29, 0.717) is 93.1 Å². The summed E-state index contributed by atoms with van der Waals surface area (Å²) in [5.74, 6) is 0.246. The second-order valence-electron chi connectivity index (χ2n) is 23.7. The maximum absolute atomic E-state index is 13.4. The Bertz CT molecular complexity index is 4710. The predicted octanol–water partition coefficient (Wildman–Crippen LogP) is 14.4. The van der Waals surface area contributed by atoms with E-state index in [1.54, 1.807) is 60.3 Å². The number of fused-ring (bicyclic) bond motifs is 9. The topological polar surface area (TPSA) is 198 Å². The maximum Gasteiger partial charge on any atom is 0.261 e. The van der Waals surface area contributed by atoms with Crippen LogP contribution in [0, 0.1) is 0 Å². The number of Topliss-reactive ketones (excluding diaryl/α,β-unsaturated/α-hetero) is 2. The molecule has 3 aliphatic rings. The van der Waals surface area contributed by atoms with Crippen LogP contribution in [0.25, 0.3) is 65.0 Å². The minimum Gasteiger partial charge on any atom is -0.391 e. The van der Waals surface area contributed by atoms with Gasteiger partial charge in [0.05, 0.1) is 75.9 Å². The third-order valence-electron chi connectivity index (χ3n) is 18.0. The number of hydrogen-bond donors (Lipinski definition) is 1.